The molecule has 3 nitrogen and oxygen atoms in total. The van der Waals surface area contributed by atoms with Gasteiger partial charge in [-0.15, -0.1) is 0 Å². The first-order valence-electron chi connectivity index (χ1n) is 5.95. The molecule has 86 valence electrons. The summed E-state index contributed by atoms with van der Waals surface area (Å²) in [6.07, 6.45) is 4.46. The second kappa shape index (κ2) is 5.75. The number of piperidine rings is 1. The third kappa shape index (κ3) is 3.38. The molecular formula is C11H20N2OS. The second-order valence-corrected chi connectivity index (χ2v) is 5.66. The minimum atomic E-state index is 0.285. The molecule has 2 saturated heterocycles. The van der Waals surface area contributed by atoms with Crippen molar-refractivity contribution in [1.29, 1.82) is 0 Å². The van der Waals surface area contributed by atoms with Gasteiger partial charge in [0.25, 0.3) is 0 Å². The summed E-state index contributed by atoms with van der Waals surface area (Å²) in [5.74, 6) is 2.89. The van der Waals surface area contributed by atoms with E-state index in [1.165, 1.54) is 6.42 Å². The highest BCUT2D eigenvalue weighted by Gasteiger charge is 2.24. The number of carbonyl (C=O) groups excluding carboxylic acids is 1. The summed E-state index contributed by atoms with van der Waals surface area (Å²) in [7, 11) is 0. The van der Waals surface area contributed by atoms with E-state index in [-0.39, 0.29) is 5.92 Å². The molecule has 0 aromatic rings. The Labute approximate surface area is 95.8 Å². The molecule has 2 rings (SSSR count). The van der Waals surface area contributed by atoms with Crippen LogP contribution in [0.3, 0.4) is 0 Å². The van der Waals surface area contributed by atoms with Crippen molar-refractivity contribution in [2.45, 2.75) is 31.7 Å². The number of carbonyl (C=O) groups is 1. The standard InChI is InChI=1S/C11H20N2OS/c14-11(9-3-6-15-7-4-9)13-10-2-1-5-12-8-10/h9-10,12H,1-8H2,(H,13,14)/t10-/m1/s1. The van der Waals surface area contributed by atoms with Crippen LogP contribution in [0.4, 0.5) is 0 Å². The van der Waals surface area contributed by atoms with E-state index in [2.05, 4.69) is 10.6 Å². The van der Waals surface area contributed by atoms with Crippen LogP contribution in [0.2, 0.25) is 0 Å². The molecule has 4 heteroatoms. The summed E-state index contributed by atoms with van der Waals surface area (Å²) in [6, 6.07) is 0.376. The number of nitrogens with one attached hydrogen (secondary N) is 2. The lowest BCUT2D eigenvalue weighted by atomic mass is 10.0. The molecule has 0 aromatic carbocycles. The Bertz CT molecular complexity index is 211. The molecule has 0 bridgehead atoms. The average molecular weight is 228 g/mol. The number of hydrogen-bond donors (Lipinski definition) is 2. The Balaban J connectivity index is 1.74. The lowest BCUT2D eigenvalue weighted by molar-refractivity contribution is -0.126. The van der Waals surface area contributed by atoms with E-state index in [1.54, 1.807) is 0 Å². The van der Waals surface area contributed by atoms with Gasteiger partial charge < -0.3 is 10.6 Å². The molecule has 15 heavy (non-hydrogen) atoms. The van der Waals surface area contributed by atoms with Gasteiger partial charge >= 0.3 is 0 Å². The lowest BCUT2D eigenvalue weighted by Gasteiger charge is -2.27. The topological polar surface area (TPSA) is 41.1 Å². The Morgan fingerprint density at radius 2 is 2.07 bits per heavy atom. The Kier molecular flexibility index (Phi) is 4.32. The molecule has 0 aromatic heterocycles. The highest BCUT2D eigenvalue weighted by Crippen LogP contribution is 2.22. The van der Waals surface area contributed by atoms with Gasteiger partial charge in [-0.1, -0.05) is 0 Å². The van der Waals surface area contributed by atoms with Gasteiger partial charge in [-0.3, -0.25) is 4.79 Å². The van der Waals surface area contributed by atoms with E-state index in [0.29, 0.717) is 11.9 Å². The van der Waals surface area contributed by atoms with E-state index >= 15 is 0 Å². The quantitative estimate of drug-likeness (QED) is 0.741. The van der Waals surface area contributed by atoms with Crippen molar-refractivity contribution < 1.29 is 4.79 Å². The fourth-order valence-electron chi connectivity index (χ4n) is 2.25. The summed E-state index contributed by atoms with van der Waals surface area (Å²) < 4.78 is 0. The normalized spacial score (nSPS) is 28.7. The van der Waals surface area contributed by atoms with E-state index in [9.17, 15) is 4.79 Å². The molecule has 0 spiro atoms. The Morgan fingerprint density at radius 3 is 2.73 bits per heavy atom. The summed E-state index contributed by atoms with van der Waals surface area (Å²) >= 11 is 1.97. The van der Waals surface area contributed by atoms with Crippen molar-refractivity contribution in [3.63, 3.8) is 0 Å². The van der Waals surface area contributed by atoms with Crippen LogP contribution in [0, 0.1) is 5.92 Å². The van der Waals surface area contributed by atoms with Crippen molar-refractivity contribution in [3.05, 3.63) is 0 Å². The van der Waals surface area contributed by atoms with Crippen LogP contribution in [-0.4, -0.2) is 36.5 Å². The first-order chi connectivity index (χ1) is 7.36. The minimum Gasteiger partial charge on any atom is -0.352 e. The van der Waals surface area contributed by atoms with Gasteiger partial charge in [0.05, 0.1) is 0 Å². The van der Waals surface area contributed by atoms with Crippen molar-refractivity contribution >= 4 is 17.7 Å². The molecule has 1 atom stereocenters. The number of thioether (sulfide) groups is 1. The van der Waals surface area contributed by atoms with E-state index in [0.717, 1.165) is 43.9 Å². The SMILES string of the molecule is O=C(N[C@@H]1CCCNC1)C1CCSCC1. The average Bonchev–Trinajstić information content (AvgIpc) is 2.31. The van der Waals surface area contributed by atoms with Crippen LogP contribution in [-0.2, 0) is 4.79 Å². The highest BCUT2D eigenvalue weighted by atomic mass is 32.2. The summed E-state index contributed by atoms with van der Waals surface area (Å²) in [5, 5.41) is 6.50. The molecule has 0 saturated carbocycles. The number of amides is 1. The van der Waals surface area contributed by atoms with Gasteiger partial charge in [-0.2, -0.15) is 11.8 Å². The summed E-state index contributed by atoms with van der Waals surface area (Å²) in [5.41, 5.74) is 0. The fraction of sp³-hybridized carbons (Fsp3) is 0.909. The fourth-order valence-corrected chi connectivity index (χ4v) is 3.36. The summed E-state index contributed by atoms with van der Waals surface area (Å²) in [6.45, 7) is 2.06. The van der Waals surface area contributed by atoms with Gasteiger partial charge in [0.1, 0.15) is 0 Å². The third-order valence-corrected chi connectivity index (χ3v) is 4.28. The maximum atomic E-state index is 11.9. The first-order valence-corrected chi connectivity index (χ1v) is 7.10. The smallest absolute Gasteiger partial charge is 0.223 e. The predicted molar refractivity (Wildman–Crippen MR) is 64.1 cm³/mol. The van der Waals surface area contributed by atoms with Gasteiger partial charge in [0.15, 0.2) is 0 Å². The molecule has 0 radical (unpaired) electrons. The zero-order chi connectivity index (χ0) is 10.5. The van der Waals surface area contributed by atoms with Crippen molar-refractivity contribution in [2.24, 2.45) is 5.92 Å². The number of rotatable bonds is 2. The lowest BCUT2D eigenvalue weighted by Crippen LogP contribution is -2.47. The maximum Gasteiger partial charge on any atom is 0.223 e. The van der Waals surface area contributed by atoms with Crippen LogP contribution < -0.4 is 10.6 Å². The molecule has 1 amide bonds. The Morgan fingerprint density at radius 1 is 1.27 bits per heavy atom. The molecular weight excluding hydrogens is 208 g/mol. The monoisotopic (exact) mass is 228 g/mol. The van der Waals surface area contributed by atoms with E-state index in [1.807, 2.05) is 11.8 Å². The molecule has 2 aliphatic rings. The van der Waals surface area contributed by atoms with Gasteiger partial charge in [-0.05, 0) is 43.7 Å². The van der Waals surface area contributed by atoms with Crippen molar-refractivity contribution in [1.82, 2.24) is 10.6 Å². The first kappa shape index (κ1) is 11.3. The molecule has 0 unspecified atom stereocenters. The maximum absolute atomic E-state index is 11.9. The van der Waals surface area contributed by atoms with Crippen molar-refractivity contribution in [3.8, 4) is 0 Å². The largest absolute Gasteiger partial charge is 0.352 e. The van der Waals surface area contributed by atoms with E-state index < -0.39 is 0 Å². The minimum absolute atomic E-state index is 0.285. The zero-order valence-electron chi connectivity index (χ0n) is 9.13. The van der Waals surface area contributed by atoms with Crippen LogP contribution in [0.1, 0.15) is 25.7 Å². The molecule has 2 fully saturated rings. The number of hydrogen-bond acceptors (Lipinski definition) is 3. The van der Waals surface area contributed by atoms with Crippen LogP contribution in [0.15, 0.2) is 0 Å². The molecule has 0 aliphatic carbocycles. The molecule has 2 heterocycles. The molecule has 2 aliphatic heterocycles. The van der Waals surface area contributed by atoms with Gasteiger partial charge in [0, 0.05) is 18.5 Å². The second-order valence-electron chi connectivity index (χ2n) is 4.44. The Hall–Kier alpha value is -0.220. The third-order valence-electron chi connectivity index (χ3n) is 3.24. The zero-order valence-corrected chi connectivity index (χ0v) is 9.94. The highest BCUT2D eigenvalue weighted by molar-refractivity contribution is 7.99. The van der Waals surface area contributed by atoms with Gasteiger partial charge in [-0.25, -0.2) is 0 Å². The van der Waals surface area contributed by atoms with Crippen LogP contribution in [0.5, 0.6) is 0 Å². The van der Waals surface area contributed by atoms with Crippen LogP contribution in [0.25, 0.3) is 0 Å². The van der Waals surface area contributed by atoms with Crippen molar-refractivity contribution in [2.75, 3.05) is 24.6 Å². The van der Waals surface area contributed by atoms with Crippen LogP contribution >= 0.6 is 11.8 Å². The molecule has 2 N–H and O–H groups in total. The predicted octanol–water partition coefficient (Wildman–Crippen LogP) is 0.998. The van der Waals surface area contributed by atoms with E-state index in [4.69, 9.17) is 0 Å². The summed E-state index contributed by atoms with van der Waals surface area (Å²) in [4.78, 5) is 11.9. The van der Waals surface area contributed by atoms with Gasteiger partial charge in [0.2, 0.25) is 5.91 Å².